The minimum Gasteiger partial charge on any atom is -0.441 e. The van der Waals surface area contributed by atoms with Gasteiger partial charge in [-0.25, -0.2) is 4.98 Å². The Balaban J connectivity index is 1.69. The Hall–Kier alpha value is -3.16. The number of alkyl halides is 2. The van der Waals surface area contributed by atoms with E-state index in [1.807, 2.05) is 0 Å². The Labute approximate surface area is 148 Å². The predicted molar refractivity (Wildman–Crippen MR) is 93.5 cm³/mol. The first kappa shape index (κ1) is 17.7. The second-order valence-electron chi connectivity index (χ2n) is 5.65. The van der Waals surface area contributed by atoms with E-state index in [4.69, 9.17) is 4.42 Å². The first-order valence-corrected chi connectivity index (χ1v) is 7.91. The Bertz CT molecular complexity index is 927. The summed E-state index contributed by atoms with van der Waals surface area (Å²) in [4.78, 5) is 16.6. The van der Waals surface area contributed by atoms with Crippen LogP contribution in [-0.2, 0) is 4.79 Å². The molecule has 0 spiro atoms. The van der Waals surface area contributed by atoms with Crippen LogP contribution >= 0.6 is 0 Å². The molecule has 26 heavy (non-hydrogen) atoms. The maximum Gasteiger partial charge on any atom is 0.387 e. The number of fused-ring (bicyclic) bond motifs is 1. The summed E-state index contributed by atoms with van der Waals surface area (Å²) in [6.07, 6.45) is 0. The number of ether oxygens (including phenoxy) is 1. The molecule has 2 aromatic carbocycles. The van der Waals surface area contributed by atoms with Gasteiger partial charge in [0.25, 0.3) is 0 Å². The largest absolute Gasteiger partial charge is 0.441 e. The number of nitrogens with zero attached hydrogens (tertiary/aromatic N) is 1. The van der Waals surface area contributed by atoms with E-state index in [0.29, 0.717) is 22.7 Å². The van der Waals surface area contributed by atoms with Gasteiger partial charge >= 0.3 is 6.61 Å². The average molecular weight is 361 g/mol. The Morgan fingerprint density at radius 2 is 2.00 bits per heavy atom. The maximum atomic E-state index is 12.5. The Kier molecular flexibility index (Phi) is 5.01. The smallest absolute Gasteiger partial charge is 0.387 e. The zero-order chi connectivity index (χ0) is 18.7. The number of halogens is 2. The van der Waals surface area contributed by atoms with Crippen molar-refractivity contribution in [2.75, 3.05) is 10.6 Å². The van der Waals surface area contributed by atoms with Crippen molar-refractivity contribution < 1.29 is 22.7 Å². The topological polar surface area (TPSA) is 76.4 Å². The highest BCUT2D eigenvalue weighted by Crippen LogP contribution is 2.26. The van der Waals surface area contributed by atoms with Crippen LogP contribution in [0.25, 0.3) is 11.1 Å². The van der Waals surface area contributed by atoms with Gasteiger partial charge in [0.1, 0.15) is 17.3 Å². The third-order valence-electron chi connectivity index (χ3n) is 3.63. The first-order chi connectivity index (χ1) is 12.4. The standard InChI is InChI=1S/C18H17F2N3O3/c1-10(21-12-7-8-16-14(9-12)22-11(2)25-16)17(24)23-13-5-3-4-6-15(13)26-18(19)20/h3-10,18,21H,1-2H3,(H,23,24)/t10-/m0/s1. The molecule has 0 aliphatic heterocycles. The lowest BCUT2D eigenvalue weighted by molar-refractivity contribution is -0.116. The van der Waals surface area contributed by atoms with Gasteiger partial charge < -0.3 is 19.8 Å². The zero-order valence-corrected chi connectivity index (χ0v) is 14.1. The maximum absolute atomic E-state index is 12.5. The van der Waals surface area contributed by atoms with E-state index in [-0.39, 0.29) is 11.4 Å². The van der Waals surface area contributed by atoms with E-state index in [1.54, 1.807) is 44.2 Å². The van der Waals surface area contributed by atoms with Gasteiger partial charge in [-0.05, 0) is 37.3 Å². The van der Waals surface area contributed by atoms with Crippen molar-refractivity contribution in [3.05, 3.63) is 48.4 Å². The SMILES string of the molecule is Cc1nc2cc(N[C@@H](C)C(=O)Nc3ccccc3OC(F)F)ccc2o1. The molecule has 0 saturated heterocycles. The number of rotatable bonds is 6. The minimum atomic E-state index is -2.97. The molecule has 3 rings (SSSR count). The number of anilines is 2. The van der Waals surface area contributed by atoms with Crippen molar-refractivity contribution in [1.29, 1.82) is 0 Å². The van der Waals surface area contributed by atoms with Gasteiger partial charge in [0.2, 0.25) is 5.91 Å². The molecule has 0 bridgehead atoms. The fraction of sp³-hybridized carbons (Fsp3) is 0.222. The molecular weight excluding hydrogens is 344 g/mol. The highest BCUT2D eigenvalue weighted by Gasteiger charge is 2.17. The normalized spacial score (nSPS) is 12.2. The molecule has 6 nitrogen and oxygen atoms in total. The van der Waals surface area contributed by atoms with Crippen LogP contribution < -0.4 is 15.4 Å². The zero-order valence-electron chi connectivity index (χ0n) is 14.1. The van der Waals surface area contributed by atoms with E-state index < -0.39 is 18.6 Å². The molecule has 3 aromatic rings. The number of nitrogens with one attached hydrogen (secondary N) is 2. The van der Waals surface area contributed by atoms with Gasteiger partial charge in [-0.3, -0.25) is 4.79 Å². The molecule has 0 radical (unpaired) electrons. The second kappa shape index (κ2) is 7.38. The summed E-state index contributed by atoms with van der Waals surface area (Å²) in [5.74, 6) is 0.0628. The van der Waals surface area contributed by atoms with Crippen molar-refractivity contribution in [2.24, 2.45) is 0 Å². The van der Waals surface area contributed by atoms with Crippen LogP contribution in [0.4, 0.5) is 20.2 Å². The van der Waals surface area contributed by atoms with Crippen molar-refractivity contribution in [3.8, 4) is 5.75 Å². The number of benzene rings is 2. The highest BCUT2D eigenvalue weighted by atomic mass is 19.3. The van der Waals surface area contributed by atoms with Gasteiger partial charge in [0.05, 0.1) is 5.69 Å². The molecule has 0 saturated carbocycles. The number of aromatic nitrogens is 1. The summed E-state index contributed by atoms with van der Waals surface area (Å²) in [6, 6.07) is 10.7. The number of oxazole rings is 1. The van der Waals surface area contributed by atoms with Crippen molar-refractivity contribution in [3.63, 3.8) is 0 Å². The minimum absolute atomic E-state index is 0.0949. The summed E-state index contributed by atoms with van der Waals surface area (Å²) in [6.45, 7) is 0.438. The number of hydrogen-bond acceptors (Lipinski definition) is 5. The van der Waals surface area contributed by atoms with Gasteiger partial charge in [-0.15, -0.1) is 0 Å². The Morgan fingerprint density at radius 3 is 2.77 bits per heavy atom. The van der Waals surface area contributed by atoms with E-state index in [9.17, 15) is 13.6 Å². The van der Waals surface area contributed by atoms with Crippen LogP contribution in [0.15, 0.2) is 46.9 Å². The lowest BCUT2D eigenvalue weighted by atomic mass is 10.2. The molecule has 0 aliphatic rings. The van der Waals surface area contributed by atoms with Crippen molar-refractivity contribution >= 4 is 28.4 Å². The fourth-order valence-electron chi connectivity index (χ4n) is 2.46. The lowest BCUT2D eigenvalue weighted by Crippen LogP contribution is -2.32. The fourth-order valence-corrected chi connectivity index (χ4v) is 2.46. The van der Waals surface area contributed by atoms with Crippen molar-refractivity contribution in [2.45, 2.75) is 26.5 Å². The van der Waals surface area contributed by atoms with Crippen LogP contribution in [0.3, 0.4) is 0 Å². The van der Waals surface area contributed by atoms with Gasteiger partial charge in [-0.1, -0.05) is 12.1 Å². The monoisotopic (exact) mass is 361 g/mol. The third kappa shape index (κ3) is 4.08. The van der Waals surface area contributed by atoms with Gasteiger partial charge in [-0.2, -0.15) is 8.78 Å². The number of carbonyl (C=O) groups excluding carboxylic acids is 1. The number of carbonyl (C=O) groups is 1. The molecule has 0 unspecified atom stereocenters. The van der Waals surface area contributed by atoms with E-state index in [2.05, 4.69) is 20.4 Å². The van der Waals surface area contributed by atoms with Crippen LogP contribution in [-0.4, -0.2) is 23.5 Å². The number of aryl methyl sites for hydroxylation is 1. The summed E-state index contributed by atoms with van der Waals surface area (Å²) >= 11 is 0. The summed E-state index contributed by atoms with van der Waals surface area (Å²) in [7, 11) is 0. The molecule has 1 amide bonds. The molecule has 2 N–H and O–H groups in total. The third-order valence-corrected chi connectivity index (χ3v) is 3.63. The molecule has 0 aliphatic carbocycles. The molecule has 1 atom stereocenters. The number of para-hydroxylation sites is 2. The molecule has 0 fully saturated rings. The van der Waals surface area contributed by atoms with Crippen LogP contribution in [0.5, 0.6) is 5.75 Å². The first-order valence-electron chi connectivity index (χ1n) is 7.91. The number of amides is 1. The quantitative estimate of drug-likeness (QED) is 0.689. The van der Waals surface area contributed by atoms with Crippen LogP contribution in [0.2, 0.25) is 0 Å². The Morgan fingerprint density at radius 1 is 1.23 bits per heavy atom. The lowest BCUT2D eigenvalue weighted by Gasteiger charge is -2.17. The molecule has 1 aromatic heterocycles. The van der Waals surface area contributed by atoms with E-state index >= 15 is 0 Å². The van der Waals surface area contributed by atoms with E-state index in [1.165, 1.54) is 12.1 Å². The summed E-state index contributed by atoms with van der Waals surface area (Å²) in [5, 5.41) is 5.62. The molecular formula is C18H17F2N3O3. The molecule has 136 valence electrons. The van der Waals surface area contributed by atoms with Crippen LogP contribution in [0, 0.1) is 6.92 Å². The summed E-state index contributed by atoms with van der Waals surface area (Å²) < 4.78 is 34.7. The van der Waals surface area contributed by atoms with E-state index in [0.717, 1.165) is 0 Å². The molecule has 1 heterocycles. The average Bonchev–Trinajstić information content (AvgIpc) is 2.95. The second-order valence-corrected chi connectivity index (χ2v) is 5.65. The van der Waals surface area contributed by atoms with Gasteiger partial charge in [0.15, 0.2) is 11.5 Å². The number of hydrogen-bond donors (Lipinski definition) is 2. The van der Waals surface area contributed by atoms with Gasteiger partial charge in [0, 0.05) is 12.6 Å². The van der Waals surface area contributed by atoms with Crippen molar-refractivity contribution in [1.82, 2.24) is 4.98 Å². The molecule has 8 heteroatoms. The van der Waals surface area contributed by atoms with Crippen LogP contribution in [0.1, 0.15) is 12.8 Å². The highest BCUT2D eigenvalue weighted by molar-refractivity contribution is 5.97. The summed E-state index contributed by atoms with van der Waals surface area (Å²) in [5.41, 5.74) is 2.19. The predicted octanol–water partition coefficient (Wildman–Crippen LogP) is 4.18.